The fourth-order valence-electron chi connectivity index (χ4n) is 2.58. The minimum absolute atomic E-state index is 0.769. The highest BCUT2D eigenvalue weighted by atomic mass is 15.1. The minimum atomic E-state index is 0.769. The second-order valence-electron chi connectivity index (χ2n) is 5.44. The van der Waals surface area contributed by atoms with Crippen LogP contribution in [0.2, 0.25) is 0 Å². The second kappa shape index (κ2) is 5.44. The SMILES string of the molecule is Cc1ccc(CN(C)c2ccc(N)c3cnccc23)cc1. The van der Waals surface area contributed by atoms with Gasteiger partial charge in [-0.25, -0.2) is 0 Å². The molecule has 0 bridgehead atoms. The van der Waals surface area contributed by atoms with E-state index in [1.807, 2.05) is 24.5 Å². The van der Waals surface area contributed by atoms with Crippen LogP contribution in [0.25, 0.3) is 10.8 Å². The molecule has 0 saturated carbocycles. The number of aromatic nitrogens is 1. The van der Waals surface area contributed by atoms with E-state index in [0.29, 0.717) is 0 Å². The summed E-state index contributed by atoms with van der Waals surface area (Å²) in [5, 5.41) is 2.14. The summed E-state index contributed by atoms with van der Waals surface area (Å²) in [5.41, 5.74) is 10.6. The Labute approximate surface area is 125 Å². The summed E-state index contributed by atoms with van der Waals surface area (Å²) in [6, 6.07) is 14.7. The number of nitrogens with zero attached hydrogens (tertiary/aromatic N) is 2. The number of aryl methyl sites for hydroxylation is 1. The lowest BCUT2D eigenvalue weighted by atomic mass is 10.1. The fourth-order valence-corrected chi connectivity index (χ4v) is 2.58. The van der Waals surface area contributed by atoms with Gasteiger partial charge in [0.05, 0.1) is 0 Å². The van der Waals surface area contributed by atoms with Gasteiger partial charge in [-0.05, 0) is 30.7 Å². The van der Waals surface area contributed by atoms with E-state index >= 15 is 0 Å². The average Bonchev–Trinajstić information content (AvgIpc) is 2.50. The van der Waals surface area contributed by atoms with E-state index in [1.54, 1.807) is 0 Å². The average molecular weight is 277 g/mol. The van der Waals surface area contributed by atoms with Gasteiger partial charge >= 0.3 is 0 Å². The summed E-state index contributed by atoms with van der Waals surface area (Å²) in [4.78, 5) is 6.41. The monoisotopic (exact) mass is 277 g/mol. The van der Waals surface area contributed by atoms with E-state index in [-0.39, 0.29) is 0 Å². The van der Waals surface area contributed by atoms with Crippen LogP contribution in [0.5, 0.6) is 0 Å². The third kappa shape index (κ3) is 2.68. The summed E-state index contributed by atoms with van der Waals surface area (Å²) in [7, 11) is 2.10. The lowest BCUT2D eigenvalue weighted by molar-refractivity contribution is 0.927. The summed E-state index contributed by atoms with van der Waals surface area (Å²) >= 11 is 0. The molecule has 0 spiro atoms. The number of hydrogen-bond acceptors (Lipinski definition) is 3. The predicted molar refractivity (Wildman–Crippen MR) is 89.4 cm³/mol. The van der Waals surface area contributed by atoms with Crippen molar-refractivity contribution in [3.05, 3.63) is 66.0 Å². The summed E-state index contributed by atoms with van der Waals surface area (Å²) in [6.45, 7) is 2.97. The second-order valence-corrected chi connectivity index (χ2v) is 5.44. The highest BCUT2D eigenvalue weighted by Gasteiger charge is 2.08. The van der Waals surface area contributed by atoms with Crippen molar-refractivity contribution in [1.29, 1.82) is 0 Å². The van der Waals surface area contributed by atoms with Crippen LogP contribution in [-0.4, -0.2) is 12.0 Å². The van der Waals surface area contributed by atoms with Crippen LogP contribution in [0.1, 0.15) is 11.1 Å². The van der Waals surface area contributed by atoms with E-state index in [9.17, 15) is 0 Å². The molecule has 0 radical (unpaired) electrons. The zero-order valence-electron chi connectivity index (χ0n) is 12.4. The Kier molecular flexibility index (Phi) is 3.48. The maximum absolute atomic E-state index is 6.04. The molecule has 0 fully saturated rings. The van der Waals surface area contributed by atoms with E-state index in [4.69, 9.17) is 5.73 Å². The standard InChI is InChI=1S/C18H19N3/c1-13-3-5-14(6-4-13)12-21(2)18-8-7-17(19)16-11-20-10-9-15(16)18/h3-11H,12,19H2,1-2H3. The largest absolute Gasteiger partial charge is 0.398 e. The van der Waals surface area contributed by atoms with Gasteiger partial charge in [-0.2, -0.15) is 0 Å². The number of hydrogen-bond donors (Lipinski definition) is 1. The Bertz CT molecular complexity index is 763. The molecule has 0 saturated heterocycles. The maximum Gasteiger partial charge on any atom is 0.0448 e. The van der Waals surface area contributed by atoms with Crippen LogP contribution in [0, 0.1) is 6.92 Å². The van der Waals surface area contributed by atoms with Gasteiger partial charge in [0, 0.05) is 48.1 Å². The highest BCUT2D eigenvalue weighted by Crippen LogP contribution is 2.30. The molecule has 106 valence electrons. The molecule has 0 unspecified atom stereocenters. The normalized spacial score (nSPS) is 10.8. The molecule has 3 aromatic rings. The van der Waals surface area contributed by atoms with E-state index < -0.39 is 0 Å². The third-order valence-corrected chi connectivity index (χ3v) is 3.78. The van der Waals surface area contributed by atoms with Gasteiger partial charge in [-0.15, -0.1) is 0 Å². The van der Waals surface area contributed by atoms with Crippen molar-refractivity contribution < 1.29 is 0 Å². The molecule has 0 aliphatic carbocycles. The molecule has 3 heteroatoms. The highest BCUT2D eigenvalue weighted by molar-refractivity contribution is 6.00. The van der Waals surface area contributed by atoms with Gasteiger partial charge in [0.15, 0.2) is 0 Å². The van der Waals surface area contributed by atoms with Gasteiger partial charge in [0.1, 0.15) is 0 Å². The van der Waals surface area contributed by atoms with Crippen molar-refractivity contribution in [3.63, 3.8) is 0 Å². The third-order valence-electron chi connectivity index (χ3n) is 3.78. The first-order chi connectivity index (χ1) is 10.1. The molecule has 1 aromatic heterocycles. The first-order valence-corrected chi connectivity index (χ1v) is 7.04. The maximum atomic E-state index is 6.04. The molecular formula is C18H19N3. The lowest BCUT2D eigenvalue weighted by Crippen LogP contribution is -2.16. The number of benzene rings is 2. The fraction of sp³-hybridized carbons (Fsp3) is 0.167. The van der Waals surface area contributed by atoms with Crippen LogP contribution >= 0.6 is 0 Å². The molecule has 1 heterocycles. The Hall–Kier alpha value is -2.55. The topological polar surface area (TPSA) is 42.1 Å². The van der Waals surface area contributed by atoms with Crippen molar-refractivity contribution in [2.24, 2.45) is 0 Å². The number of nitrogen functional groups attached to an aromatic ring is 1. The summed E-state index contributed by atoms with van der Waals surface area (Å²) in [5.74, 6) is 0. The zero-order chi connectivity index (χ0) is 14.8. The Balaban J connectivity index is 1.96. The molecule has 0 aliphatic heterocycles. The minimum Gasteiger partial charge on any atom is -0.398 e. The number of pyridine rings is 1. The zero-order valence-corrected chi connectivity index (χ0v) is 12.4. The molecular weight excluding hydrogens is 258 g/mol. The number of nitrogens with two attached hydrogens (primary N) is 1. The Morgan fingerprint density at radius 1 is 1.00 bits per heavy atom. The van der Waals surface area contributed by atoms with Crippen molar-refractivity contribution in [2.75, 3.05) is 17.7 Å². The molecule has 2 aromatic carbocycles. The number of anilines is 2. The molecule has 0 atom stereocenters. The van der Waals surface area contributed by atoms with Crippen LogP contribution in [-0.2, 0) is 6.54 Å². The van der Waals surface area contributed by atoms with Gasteiger partial charge in [-0.3, -0.25) is 4.98 Å². The first kappa shape index (κ1) is 13.4. The van der Waals surface area contributed by atoms with Crippen molar-refractivity contribution in [1.82, 2.24) is 4.98 Å². The number of rotatable bonds is 3. The Morgan fingerprint density at radius 3 is 2.52 bits per heavy atom. The van der Waals surface area contributed by atoms with Crippen molar-refractivity contribution in [3.8, 4) is 0 Å². The smallest absolute Gasteiger partial charge is 0.0448 e. The van der Waals surface area contributed by atoms with Gasteiger partial charge in [0.25, 0.3) is 0 Å². The van der Waals surface area contributed by atoms with Crippen LogP contribution in [0.15, 0.2) is 54.9 Å². The quantitative estimate of drug-likeness (QED) is 0.741. The predicted octanol–water partition coefficient (Wildman–Crippen LogP) is 3.76. The van der Waals surface area contributed by atoms with Gasteiger partial charge in [0.2, 0.25) is 0 Å². The molecule has 3 nitrogen and oxygen atoms in total. The van der Waals surface area contributed by atoms with Crippen LogP contribution < -0.4 is 10.6 Å². The van der Waals surface area contributed by atoms with E-state index in [1.165, 1.54) is 16.8 Å². The van der Waals surface area contributed by atoms with Crippen LogP contribution in [0.3, 0.4) is 0 Å². The van der Waals surface area contributed by atoms with Crippen LogP contribution in [0.4, 0.5) is 11.4 Å². The molecule has 0 aliphatic rings. The van der Waals surface area contributed by atoms with Crippen molar-refractivity contribution in [2.45, 2.75) is 13.5 Å². The van der Waals surface area contributed by atoms with E-state index in [0.717, 1.165) is 23.0 Å². The molecule has 3 rings (SSSR count). The number of fused-ring (bicyclic) bond motifs is 1. The Morgan fingerprint density at radius 2 is 1.76 bits per heavy atom. The van der Waals surface area contributed by atoms with E-state index in [2.05, 4.69) is 54.2 Å². The first-order valence-electron chi connectivity index (χ1n) is 7.04. The molecule has 0 amide bonds. The summed E-state index contributed by atoms with van der Waals surface area (Å²) in [6.07, 6.45) is 3.64. The molecule has 21 heavy (non-hydrogen) atoms. The summed E-state index contributed by atoms with van der Waals surface area (Å²) < 4.78 is 0. The molecule has 2 N–H and O–H groups in total. The lowest BCUT2D eigenvalue weighted by Gasteiger charge is -2.22. The van der Waals surface area contributed by atoms with Gasteiger partial charge < -0.3 is 10.6 Å². The van der Waals surface area contributed by atoms with Crippen molar-refractivity contribution >= 4 is 22.1 Å². The van der Waals surface area contributed by atoms with Gasteiger partial charge in [-0.1, -0.05) is 29.8 Å².